The van der Waals surface area contributed by atoms with E-state index in [0.717, 1.165) is 0 Å². The summed E-state index contributed by atoms with van der Waals surface area (Å²) in [5, 5.41) is 9.57. The van der Waals surface area contributed by atoms with Gasteiger partial charge in [-0.05, 0) is 40.5 Å². The molecule has 3 aliphatic rings. The lowest BCUT2D eigenvalue weighted by atomic mass is 9.66. The highest BCUT2D eigenvalue weighted by atomic mass is 16.6. The summed E-state index contributed by atoms with van der Waals surface area (Å²) < 4.78 is 11.7. The van der Waals surface area contributed by atoms with Gasteiger partial charge in [-0.2, -0.15) is 0 Å². The van der Waals surface area contributed by atoms with Crippen LogP contribution < -0.4 is 0 Å². The van der Waals surface area contributed by atoms with Crippen LogP contribution in [0.5, 0.6) is 0 Å². The monoisotopic (exact) mass is 408 g/mol. The molecule has 162 valence electrons. The third-order valence-corrected chi connectivity index (χ3v) is 6.62. The van der Waals surface area contributed by atoms with E-state index in [1.165, 1.54) is 4.90 Å². The smallest absolute Gasteiger partial charge is 0.312 e. The molecule has 2 amide bonds. The Labute approximate surface area is 171 Å². The van der Waals surface area contributed by atoms with Gasteiger partial charge in [-0.1, -0.05) is 6.08 Å². The summed E-state index contributed by atoms with van der Waals surface area (Å²) in [6.45, 7) is 11.4. The molecule has 3 rings (SSSR count). The van der Waals surface area contributed by atoms with E-state index in [2.05, 4.69) is 6.58 Å². The number of hydrogen-bond acceptors (Lipinski definition) is 6. The fourth-order valence-electron chi connectivity index (χ4n) is 5.49. The van der Waals surface area contributed by atoms with Crippen molar-refractivity contribution >= 4 is 17.8 Å². The molecule has 3 saturated heterocycles. The average molecular weight is 408 g/mol. The van der Waals surface area contributed by atoms with Crippen LogP contribution in [0.15, 0.2) is 12.7 Å². The first-order valence-electron chi connectivity index (χ1n) is 10.4. The first kappa shape index (κ1) is 21.8. The molecule has 8 heteroatoms. The van der Waals surface area contributed by atoms with Crippen molar-refractivity contribution in [1.29, 1.82) is 0 Å². The van der Waals surface area contributed by atoms with Crippen molar-refractivity contribution in [1.82, 2.24) is 9.80 Å². The molecule has 8 nitrogen and oxygen atoms in total. The number of likely N-dealkylation sites (tertiary alicyclic amines) is 1. The predicted octanol–water partition coefficient (Wildman–Crippen LogP) is 0.730. The number of rotatable bonds is 8. The molecule has 29 heavy (non-hydrogen) atoms. The SMILES string of the molecule is C=CCN(C(=O)C1N(CCO)C(=O)[C@@H]2[C@@H](C(=O)OCC)[C@@]3(C)CCC12O3)C(C)C. The van der Waals surface area contributed by atoms with Crippen LogP contribution in [0.2, 0.25) is 0 Å². The van der Waals surface area contributed by atoms with E-state index in [-0.39, 0.29) is 37.6 Å². The lowest BCUT2D eigenvalue weighted by Crippen LogP contribution is -2.57. The highest BCUT2D eigenvalue weighted by molar-refractivity contribution is 5.98. The molecule has 0 aromatic heterocycles. The maximum atomic E-state index is 13.6. The number of hydrogen-bond donors (Lipinski definition) is 1. The number of carbonyl (C=O) groups is 3. The second-order valence-corrected chi connectivity index (χ2v) is 8.61. The molecule has 1 spiro atoms. The Balaban J connectivity index is 2.07. The van der Waals surface area contributed by atoms with Gasteiger partial charge in [0.1, 0.15) is 17.6 Å². The minimum Gasteiger partial charge on any atom is -0.466 e. The normalized spacial score (nSPS) is 35.2. The van der Waals surface area contributed by atoms with Crippen molar-refractivity contribution < 1.29 is 29.0 Å². The molecule has 1 N–H and O–H groups in total. The predicted molar refractivity (Wildman–Crippen MR) is 105 cm³/mol. The van der Waals surface area contributed by atoms with Crippen molar-refractivity contribution in [3.63, 3.8) is 0 Å². The number of fused-ring (bicyclic) bond motifs is 1. The number of carbonyl (C=O) groups excluding carboxylic acids is 3. The number of ether oxygens (including phenoxy) is 2. The molecule has 3 fully saturated rings. The maximum absolute atomic E-state index is 13.6. The summed E-state index contributed by atoms with van der Waals surface area (Å²) in [5.74, 6) is -2.55. The Morgan fingerprint density at radius 1 is 1.45 bits per heavy atom. The lowest BCUT2D eigenvalue weighted by Gasteiger charge is -2.38. The van der Waals surface area contributed by atoms with Crippen LogP contribution in [-0.4, -0.2) is 82.3 Å². The molecule has 0 aromatic carbocycles. The summed E-state index contributed by atoms with van der Waals surface area (Å²) in [5.41, 5.74) is -1.92. The van der Waals surface area contributed by atoms with Crippen molar-refractivity contribution in [2.75, 3.05) is 26.3 Å². The first-order chi connectivity index (χ1) is 13.7. The van der Waals surface area contributed by atoms with Crippen LogP contribution in [-0.2, 0) is 23.9 Å². The zero-order valence-electron chi connectivity index (χ0n) is 17.7. The highest BCUT2D eigenvalue weighted by Gasteiger charge is 2.78. The molecule has 0 aromatic rings. The van der Waals surface area contributed by atoms with Crippen molar-refractivity contribution in [3.8, 4) is 0 Å². The fraction of sp³-hybridized carbons (Fsp3) is 0.762. The van der Waals surface area contributed by atoms with Gasteiger partial charge in [0.15, 0.2) is 0 Å². The van der Waals surface area contributed by atoms with Crippen LogP contribution in [0.3, 0.4) is 0 Å². The molecule has 0 radical (unpaired) electrons. The van der Waals surface area contributed by atoms with Crippen LogP contribution in [0.25, 0.3) is 0 Å². The Morgan fingerprint density at radius 3 is 2.69 bits per heavy atom. The summed E-state index contributed by atoms with van der Waals surface area (Å²) >= 11 is 0. The number of nitrogens with zero attached hydrogens (tertiary/aromatic N) is 2. The third kappa shape index (κ3) is 3.08. The minimum absolute atomic E-state index is 0.0170. The second-order valence-electron chi connectivity index (χ2n) is 8.61. The minimum atomic E-state index is -1.08. The van der Waals surface area contributed by atoms with Gasteiger partial charge in [-0.3, -0.25) is 14.4 Å². The first-order valence-corrected chi connectivity index (χ1v) is 10.4. The van der Waals surface area contributed by atoms with E-state index in [1.807, 2.05) is 20.8 Å². The van der Waals surface area contributed by atoms with Gasteiger partial charge in [0, 0.05) is 19.1 Å². The molecule has 2 bridgehead atoms. The number of aliphatic hydroxyl groups excluding tert-OH is 1. The van der Waals surface area contributed by atoms with Crippen LogP contribution in [0, 0.1) is 11.8 Å². The number of amides is 2. The Hall–Kier alpha value is -1.93. The molecule has 3 aliphatic heterocycles. The average Bonchev–Trinajstić information content (AvgIpc) is 3.21. The maximum Gasteiger partial charge on any atom is 0.312 e. The molecular formula is C21H32N2O6. The lowest BCUT2D eigenvalue weighted by molar-refractivity contribution is -0.160. The zero-order chi connectivity index (χ0) is 21.6. The van der Waals surface area contributed by atoms with Gasteiger partial charge in [0.2, 0.25) is 11.8 Å². The largest absolute Gasteiger partial charge is 0.466 e. The molecular weight excluding hydrogens is 376 g/mol. The zero-order valence-corrected chi connectivity index (χ0v) is 17.7. The highest BCUT2D eigenvalue weighted by Crippen LogP contribution is 2.63. The number of β-amino-alcohol motifs (C(OH)–C–C–N with tert-alkyl or cyclic N) is 1. The van der Waals surface area contributed by atoms with Crippen molar-refractivity contribution in [2.24, 2.45) is 11.8 Å². The molecule has 0 aliphatic carbocycles. The van der Waals surface area contributed by atoms with Gasteiger partial charge in [-0.25, -0.2) is 0 Å². The van der Waals surface area contributed by atoms with E-state index in [1.54, 1.807) is 17.9 Å². The molecule has 5 atom stereocenters. The summed E-state index contributed by atoms with van der Waals surface area (Å²) in [6, 6.07) is -0.979. The van der Waals surface area contributed by atoms with E-state index in [9.17, 15) is 19.5 Å². The van der Waals surface area contributed by atoms with Gasteiger partial charge in [-0.15, -0.1) is 6.58 Å². The standard InChI is InChI=1S/C21H32N2O6/c1-6-10-22(13(3)4)18(26)16-21-9-8-20(5,29-21)15(19(27)28-7-2)14(21)17(25)23(16)11-12-24/h6,13-16,24H,1,7-12H2,2-5H3/t14-,15-,16?,20+,21?/m0/s1. The Bertz CT molecular complexity index is 709. The Kier molecular flexibility index (Phi) is 5.80. The van der Waals surface area contributed by atoms with Crippen LogP contribution >= 0.6 is 0 Å². The van der Waals surface area contributed by atoms with Crippen molar-refractivity contribution in [2.45, 2.75) is 63.8 Å². The second kappa shape index (κ2) is 7.72. The third-order valence-electron chi connectivity index (χ3n) is 6.62. The Morgan fingerprint density at radius 2 is 2.14 bits per heavy atom. The summed E-state index contributed by atoms with van der Waals surface area (Å²) in [6.07, 6.45) is 2.73. The van der Waals surface area contributed by atoms with Gasteiger partial charge >= 0.3 is 5.97 Å². The molecule has 0 saturated carbocycles. The van der Waals surface area contributed by atoms with Crippen LogP contribution in [0.1, 0.15) is 40.5 Å². The van der Waals surface area contributed by atoms with E-state index in [4.69, 9.17) is 9.47 Å². The number of aliphatic hydroxyl groups is 1. The van der Waals surface area contributed by atoms with Gasteiger partial charge in [0.05, 0.1) is 24.7 Å². The van der Waals surface area contributed by atoms with E-state index < -0.39 is 35.0 Å². The summed E-state index contributed by atoms with van der Waals surface area (Å²) in [7, 11) is 0. The van der Waals surface area contributed by atoms with Gasteiger partial charge < -0.3 is 24.4 Å². The molecule has 3 heterocycles. The topological polar surface area (TPSA) is 96.4 Å². The number of esters is 1. The quantitative estimate of drug-likeness (QED) is 0.470. The molecule has 2 unspecified atom stereocenters. The van der Waals surface area contributed by atoms with Gasteiger partial charge in [0.25, 0.3) is 0 Å². The van der Waals surface area contributed by atoms with E-state index in [0.29, 0.717) is 19.4 Å². The fourth-order valence-corrected chi connectivity index (χ4v) is 5.49. The van der Waals surface area contributed by atoms with E-state index >= 15 is 0 Å². The van der Waals surface area contributed by atoms with Crippen LogP contribution in [0.4, 0.5) is 0 Å². The summed E-state index contributed by atoms with van der Waals surface area (Å²) in [4.78, 5) is 42.9. The van der Waals surface area contributed by atoms with Crippen molar-refractivity contribution in [3.05, 3.63) is 12.7 Å².